The molecule has 0 unspecified atom stereocenters. The molecule has 0 bridgehead atoms. The maximum absolute atomic E-state index is 6.36. The molecule has 14 heteroatoms. The molecule has 0 N–H and O–H groups in total. The number of benzene rings is 6. The normalized spacial score (nSPS) is 15.4. The minimum atomic E-state index is 0.261. The van der Waals surface area contributed by atoms with E-state index in [1.165, 1.54) is 72.7 Å². The number of rotatable bonds is 11. The standard InChI is InChI=1S/C26H29N4O.C26H28N3O.C23H22N2.C20H26N3/c1-16(2)29-14-15-30(19(29)5)23-9-7-8-22(28(23)6)24-17(3)10-12-20-21-13-11-18(4)27-26(21)31-25(20)24;1-17(2)28-15-16-29(19(28)4)24-12-8-10-22(27(24)5)25-18(3)13-14-21-20-9-6-7-11-23(20)30-26(21)25;1-17-14-15-18-9-4-5-10-19(18)23(17)22-13-8-12-21(25(22)3)20-11-6-7-16-24(20)2;1-15(2)22-13-14-23(17(22)4)20-12-8-11-19(21(20)5)18-10-7-6-9-16(18)3/h7-16,19H,1-6H3;6-17,19H,1-5H3;4-16H,1-3H3;6-15,17H,1-5H3/q2*+1;+2;+1/t2*19-;;17-/m11.1/s1. The van der Waals surface area contributed by atoms with Crippen molar-refractivity contribution in [1.82, 2.24) is 19.7 Å². The molecule has 3 atom stereocenters. The van der Waals surface area contributed by atoms with Crippen LogP contribution < -0.4 is 37.5 Å². The zero-order chi connectivity index (χ0) is 76.8. The number of aromatic nitrogens is 6. The highest BCUT2D eigenvalue weighted by molar-refractivity contribution is 6.10. The van der Waals surface area contributed by atoms with Crippen molar-refractivity contribution in [2.45, 2.75) is 134 Å². The zero-order valence-corrected chi connectivity index (χ0v) is 66.9. The fraction of sp³-hybridized carbons (Fsp3) is 0.263. The lowest BCUT2D eigenvalue weighted by atomic mass is 9.96. The Morgan fingerprint density at radius 1 is 0.330 bits per heavy atom. The Morgan fingerprint density at radius 3 is 1.29 bits per heavy atom. The zero-order valence-electron chi connectivity index (χ0n) is 66.9. The lowest BCUT2D eigenvalue weighted by molar-refractivity contribution is -0.685. The van der Waals surface area contributed by atoms with E-state index in [1.807, 2.05) is 25.1 Å². The molecule has 3 aliphatic rings. The second-order valence-corrected chi connectivity index (χ2v) is 30.2. The molecular weight excluding hydrogens is 1340 g/mol. The summed E-state index contributed by atoms with van der Waals surface area (Å²) in [6.07, 6.45) is 16.0. The van der Waals surface area contributed by atoms with Gasteiger partial charge in [0.25, 0.3) is 28.8 Å². The lowest BCUT2D eigenvalue weighted by Gasteiger charge is -2.28. The SMILES string of the molecule is Cc1ccc2c(n1)oc1c(-c3cccc(N4C=CN(C(C)C)[C@H]4C)[n+]3C)c(C)ccc12.Cc1ccc2c(oc3ccccc32)c1-c1cccc(N2C=CN(C(C)C)[C@H]2C)[n+]1C.Cc1ccc2ccccc2c1-c1cccc(-c2cccc[n+]2C)[n+]1C.Cc1ccccc1-c1cccc(N2C=CN(C(C)C)[C@H]2C)[n+]1C. The molecule has 14 nitrogen and oxygen atoms in total. The van der Waals surface area contributed by atoms with Crippen molar-refractivity contribution < 1.29 is 31.7 Å². The number of hydrogen-bond donors (Lipinski definition) is 0. The highest BCUT2D eigenvalue weighted by Crippen LogP contribution is 2.41. The van der Waals surface area contributed by atoms with Crippen LogP contribution in [0, 0.1) is 34.6 Å². The van der Waals surface area contributed by atoms with Crippen molar-refractivity contribution in [3.05, 3.63) is 284 Å². The average molecular weight is 1450 g/mol. The van der Waals surface area contributed by atoms with Crippen LogP contribution in [0.2, 0.25) is 0 Å². The van der Waals surface area contributed by atoms with Gasteiger partial charge in [-0.1, -0.05) is 103 Å². The van der Waals surface area contributed by atoms with Gasteiger partial charge in [0.1, 0.15) is 66.5 Å². The molecule has 6 aromatic carbocycles. The minimum Gasteiger partial charge on any atom is -0.455 e. The maximum atomic E-state index is 6.36. The van der Waals surface area contributed by atoms with Gasteiger partial charge in [0.05, 0.1) is 37.8 Å². The first-order valence-corrected chi connectivity index (χ1v) is 38.4. The van der Waals surface area contributed by atoms with Crippen molar-refractivity contribution in [3.8, 4) is 56.4 Å². The van der Waals surface area contributed by atoms with Gasteiger partial charge in [0.15, 0.2) is 24.7 Å². The third-order valence-electron chi connectivity index (χ3n) is 22.4. The molecule has 11 heterocycles. The third-order valence-corrected chi connectivity index (χ3v) is 22.4. The highest BCUT2D eigenvalue weighted by Gasteiger charge is 2.37. The largest absolute Gasteiger partial charge is 0.455 e. The molecule has 0 fully saturated rings. The highest BCUT2D eigenvalue weighted by atomic mass is 16.3. The van der Waals surface area contributed by atoms with E-state index in [9.17, 15) is 0 Å². The Bertz CT molecular complexity index is 5840. The molecule has 0 saturated carbocycles. The Balaban J connectivity index is 0.000000122. The summed E-state index contributed by atoms with van der Waals surface area (Å²) in [6.45, 7) is 30.8. The molecule has 0 saturated heterocycles. The smallest absolute Gasteiger partial charge is 0.283 e. The van der Waals surface area contributed by atoms with Crippen molar-refractivity contribution in [2.24, 2.45) is 35.2 Å². The number of pyridine rings is 6. The van der Waals surface area contributed by atoms with E-state index in [2.05, 4.69) is 420 Å². The van der Waals surface area contributed by atoms with Crippen molar-refractivity contribution in [1.29, 1.82) is 0 Å². The van der Waals surface area contributed by atoms with Crippen molar-refractivity contribution >= 4 is 72.2 Å². The van der Waals surface area contributed by atoms with Gasteiger partial charge in [-0.3, -0.25) is 0 Å². The number of nitrogens with zero attached hydrogens (tertiary/aromatic N) is 12. The lowest BCUT2D eigenvalue weighted by Crippen LogP contribution is -2.45. The second kappa shape index (κ2) is 30.8. The van der Waals surface area contributed by atoms with Gasteiger partial charge < -0.3 is 23.5 Å². The number of aryl methyl sites for hydroxylation is 6. The first kappa shape index (κ1) is 74.0. The van der Waals surface area contributed by atoms with E-state index in [-0.39, 0.29) is 12.3 Å². The molecule has 0 aliphatic carbocycles. The van der Waals surface area contributed by atoms with Crippen LogP contribution in [-0.2, 0) is 35.2 Å². The molecule has 14 aromatic rings. The summed E-state index contributed by atoms with van der Waals surface area (Å²) in [5.74, 6) is 3.51. The molecule has 552 valence electrons. The van der Waals surface area contributed by atoms with Gasteiger partial charge in [0, 0.05) is 112 Å². The Labute approximate surface area is 643 Å². The van der Waals surface area contributed by atoms with Crippen LogP contribution in [0.3, 0.4) is 0 Å². The molecule has 0 spiro atoms. The van der Waals surface area contributed by atoms with Crippen LogP contribution in [-0.4, -0.2) is 56.3 Å². The molecule has 8 aromatic heterocycles. The molecule has 17 rings (SSSR count). The first-order chi connectivity index (χ1) is 52.5. The summed E-state index contributed by atoms with van der Waals surface area (Å²) in [5.41, 5.74) is 21.5. The Kier molecular flexibility index (Phi) is 20.9. The molecule has 0 radical (unpaired) electrons. The first-order valence-electron chi connectivity index (χ1n) is 38.4. The number of anilines is 3. The number of furan rings is 2. The van der Waals surface area contributed by atoms with Gasteiger partial charge in [-0.25, -0.2) is 33.4 Å². The maximum Gasteiger partial charge on any atom is 0.283 e. The van der Waals surface area contributed by atoms with Gasteiger partial charge in [-0.05, 0) is 197 Å². The van der Waals surface area contributed by atoms with E-state index in [0.717, 1.165) is 78.1 Å². The predicted molar refractivity (Wildman–Crippen MR) is 447 cm³/mol. The summed E-state index contributed by atoms with van der Waals surface area (Å²) < 4.78 is 24.0. The number of hydrogen-bond acceptors (Lipinski definition) is 9. The van der Waals surface area contributed by atoms with Crippen LogP contribution in [0.1, 0.15) is 90.3 Å². The van der Waals surface area contributed by atoms with E-state index in [0.29, 0.717) is 30.0 Å². The van der Waals surface area contributed by atoms with Crippen LogP contribution in [0.25, 0.3) is 111 Å². The topological polar surface area (TPSA) is 78.0 Å². The van der Waals surface area contributed by atoms with E-state index < -0.39 is 0 Å². The van der Waals surface area contributed by atoms with Crippen LogP contribution in [0.4, 0.5) is 17.5 Å². The molecule has 0 amide bonds. The second-order valence-electron chi connectivity index (χ2n) is 30.2. The fourth-order valence-electron chi connectivity index (χ4n) is 16.4. The average Bonchev–Trinajstić information content (AvgIpc) is 1.64. The quantitative estimate of drug-likeness (QED) is 0.118. The summed E-state index contributed by atoms with van der Waals surface area (Å²) in [7, 11) is 10.7. The van der Waals surface area contributed by atoms with Gasteiger partial charge >= 0.3 is 0 Å². The number of para-hydroxylation sites is 1. The van der Waals surface area contributed by atoms with Gasteiger partial charge in [-0.2, -0.15) is 9.13 Å². The molecular formula is C95H105N12O2+5. The predicted octanol–water partition coefficient (Wildman–Crippen LogP) is 19.1. The van der Waals surface area contributed by atoms with Crippen molar-refractivity contribution in [3.63, 3.8) is 0 Å². The van der Waals surface area contributed by atoms with Gasteiger partial charge in [-0.15, -0.1) is 0 Å². The summed E-state index contributed by atoms with van der Waals surface area (Å²) in [5, 5.41) is 7.07. The summed E-state index contributed by atoms with van der Waals surface area (Å²) in [6, 6.07) is 76.5. The molecule has 3 aliphatic heterocycles. The van der Waals surface area contributed by atoms with E-state index in [4.69, 9.17) is 8.83 Å². The molecule has 109 heavy (non-hydrogen) atoms. The van der Waals surface area contributed by atoms with Crippen LogP contribution in [0.5, 0.6) is 0 Å². The van der Waals surface area contributed by atoms with Crippen molar-refractivity contribution in [2.75, 3.05) is 14.7 Å². The Morgan fingerprint density at radius 2 is 0.752 bits per heavy atom. The third kappa shape index (κ3) is 13.9. The minimum absolute atomic E-state index is 0.261. The monoisotopic (exact) mass is 1450 g/mol. The van der Waals surface area contributed by atoms with E-state index >= 15 is 0 Å². The van der Waals surface area contributed by atoms with Gasteiger partial charge in [0.2, 0.25) is 11.4 Å². The Hall–Kier alpha value is -11.9. The summed E-state index contributed by atoms with van der Waals surface area (Å²) in [4.78, 5) is 18.7. The fourth-order valence-corrected chi connectivity index (χ4v) is 16.4. The van der Waals surface area contributed by atoms with Crippen LogP contribution in [0.15, 0.2) is 265 Å². The summed E-state index contributed by atoms with van der Waals surface area (Å²) >= 11 is 0. The number of fused-ring (bicyclic) bond motifs is 7. The van der Waals surface area contributed by atoms with E-state index in [1.54, 1.807) is 0 Å². The van der Waals surface area contributed by atoms with Crippen LogP contribution >= 0.6 is 0 Å².